The monoisotopic (exact) mass is 214 g/mol. The highest BCUT2D eigenvalue weighted by atomic mass is 16.3. The van der Waals surface area contributed by atoms with Gasteiger partial charge in [0.05, 0.1) is 5.60 Å². The molecule has 1 fully saturated rings. The fourth-order valence-electron chi connectivity index (χ4n) is 1.89. The lowest BCUT2D eigenvalue weighted by atomic mass is 9.92. The van der Waals surface area contributed by atoms with Gasteiger partial charge in [0.25, 0.3) is 0 Å². The van der Waals surface area contributed by atoms with Crippen molar-refractivity contribution in [3.05, 3.63) is 0 Å². The third-order valence-electron chi connectivity index (χ3n) is 3.60. The van der Waals surface area contributed by atoms with Crippen molar-refractivity contribution in [2.75, 3.05) is 39.8 Å². The van der Waals surface area contributed by atoms with E-state index in [4.69, 9.17) is 0 Å². The summed E-state index contributed by atoms with van der Waals surface area (Å²) in [4.78, 5) is 4.76. The molecule has 1 N–H and O–H groups in total. The second-order valence-corrected chi connectivity index (χ2v) is 5.44. The molecule has 0 aromatic rings. The Bertz CT molecular complexity index is 192. The van der Waals surface area contributed by atoms with E-state index in [0.29, 0.717) is 5.92 Å². The maximum absolute atomic E-state index is 10.2. The molecule has 0 bridgehead atoms. The van der Waals surface area contributed by atoms with E-state index < -0.39 is 5.60 Å². The normalized spacial score (nSPS) is 25.2. The molecule has 0 radical (unpaired) electrons. The standard InChI is InChI=1S/C12H26N2O/c1-11(2)12(3,15)10-14-7-5-6-13(4)8-9-14/h11,15H,5-10H2,1-4H3. The highest BCUT2D eigenvalue weighted by Gasteiger charge is 2.28. The number of rotatable bonds is 3. The van der Waals surface area contributed by atoms with Crippen LogP contribution >= 0.6 is 0 Å². The molecule has 90 valence electrons. The van der Waals surface area contributed by atoms with Gasteiger partial charge in [-0.15, -0.1) is 0 Å². The van der Waals surface area contributed by atoms with Crippen LogP contribution in [0.15, 0.2) is 0 Å². The summed E-state index contributed by atoms with van der Waals surface area (Å²) in [6.07, 6.45) is 1.21. The summed E-state index contributed by atoms with van der Waals surface area (Å²) >= 11 is 0. The van der Waals surface area contributed by atoms with E-state index in [-0.39, 0.29) is 0 Å². The summed E-state index contributed by atoms with van der Waals surface area (Å²) in [6, 6.07) is 0. The number of likely N-dealkylation sites (N-methyl/N-ethyl adjacent to an activating group) is 1. The van der Waals surface area contributed by atoms with Crippen LogP contribution < -0.4 is 0 Å². The Morgan fingerprint density at radius 2 is 1.87 bits per heavy atom. The van der Waals surface area contributed by atoms with Gasteiger partial charge in [-0.2, -0.15) is 0 Å². The van der Waals surface area contributed by atoms with Gasteiger partial charge in [-0.25, -0.2) is 0 Å². The Hall–Kier alpha value is -0.120. The molecule has 1 aliphatic rings. The zero-order valence-electron chi connectivity index (χ0n) is 10.7. The summed E-state index contributed by atoms with van der Waals surface area (Å²) in [5, 5.41) is 10.2. The van der Waals surface area contributed by atoms with Gasteiger partial charge < -0.3 is 10.0 Å². The molecular formula is C12H26N2O. The Balaban J connectivity index is 2.44. The van der Waals surface area contributed by atoms with Crippen molar-refractivity contribution in [3.63, 3.8) is 0 Å². The Morgan fingerprint density at radius 3 is 2.47 bits per heavy atom. The van der Waals surface area contributed by atoms with Crippen molar-refractivity contribution in [1.29, 1.82) is 0 Å². The zero-order chi connectivity index (χ0) is 11.5. The average Bonchev–Trinajstić information content (AvgIpc) is 2.30. The SMILES string of the molecule is CC(C)C(C)(O)CN1CCCN(C)CC1. The fourth-order valence-corrected chi connectivity index (χ4v) is 1.89. The van der Waals surface area contributed by atoms with Crippen LogP contribution in [0, 0.1) is 5.92 Å². The van der Waals surface area contributed by atoms with Crippen LogP contribution in [0.5, 0.6) is 0 Å². The van der Waals surface area contributed by atoms with E-state index in [2.05, 4.69) is 30.7 Å². The number of aliphatic hydroxyl groups is 1. The van der Waals surface area contributed by atoms with Gasteiger partial charge >= 0.3 is 0 Å². The minimum Gasteiger partial charge on any atom is -0.389 e. The summed E-state index contributed by atoms with van der Waals surface area (Å²) in [6.45, 7) is 11.4. The molecule has 0 aromatic heterocycles. The quantitative estimate of drug-likeness (QED) is 0.760. The molecule has 1 rings (SSSR count). The Labute approximate surface area is 94.1 Å². The molecule has 0 aromatic carbocycles. The molecule has 0 spiro atoms. The van der Waals surface area contributed by atoms with Crippen LogP contribution in [0.25, 0.3) is 0 Å². The second kappa shape index (κ2) is 5.28. The third kappa shape index (κ3) is 4.09. The fraction of sp³-hybridized carbons (Fsp3) is 1.00. The molecule has 0 aliphatic carbocycles. The highest BCUT2D eigenvalue weighted by Crippen LogP contribution is 2.18. The Morgan fingerprint density at radius 1 is 1.20 bits per heavy atom. The van der Waals surface area contributed by atoms with E-state index in [9.17, 15) is 5.11 Å². The van der Waals surface area contributed by atoms with Crippen molar-refractivity contribution < 1.29 is 5.11 Å². The zero-order valence-corrected chi connectivity index (χ0v) is 10.7. The number of hydrogen-bond donors (Lipinski definition) is 1. The third-order valence-corrected chi connectivity index (χ3v) is 3.60. The maximum Gasteiger partial charge on any atom is 0.0768 e. The first kappa shape index (κ1) is 12.9. The average molecular weight is 214 g/mol. The van der Waals surface area contributed by atoms with Crippen molar-refractivity contribution in [2.24, 2.45) is 5.92 Å². The first-order chi connectivity index (χ1) is 6.92. The summed E-state index contributed by atoms with van der Waals surface area (Å²) in [5.41, 5.74) is -0.553. The molecule has 0 amide bonds. The van der Waals surface area contributed by atoms with Crippen LogP contribution in [-0.2, 0) is 0 Å². The highest BCUT2D eigenvalue weighted by molar-refractivity contribution is 4.82. The minimum absolute atomic E-state index is 0.318. The number of hydrogen-bond acceptors (Lipinski definition) is 3. The molecule has 3 heteroatoms. The lowest BCUT2D eigenvalue weighted by molar-refractivity contribution is -0.0177. The van der Waals surface area contributed by atoms with Gasteiger partial charge in [0.2, 0.25) is 0 Å². The largest absolute Gasteiger partial charge is 0.389 e. The van der Waals surface area contributed by atoms with Crippen LogP contribution in [0.2, 0.25) is 0 Å². The van der Waals surface area contributed by atoms with Gasteiger partial charge in [0.15, 0.2) is 0 Å². The van der Waals surface area contributed by atoms with Crippen molar-refractivity contribution in [2.45, 2.75) is 32.8 Å². The van der Waals surface area contributed by atoms with Crippen molar-refractivity contribution in [3.8, 4) is 0 Å². The predicted molar refractivity (Wildman–Crippen MR) is 64.0 cm³/mol. The number of nitrogens with zero attached hydrogens (tertiary/aromatic N) is 2. The maximum atomic E-state index is 10.2. The molecule has 0 saturated carbocycles. The van der Waals surface area contributed by atoms with E-state index in [1.165, 1.54) is 13.0 Å². The second-order valence-electron chi connectivity index (χ2n) is 5.44. The molecule has 1 atom stereocenters. The number of β-amino-alcohol motifs (C(OH)–C–C–N with tert-alkyl or cyclic N) is 1. The van der Waals surface area contributed by atoms with Crippen LogP contribution in [0.1, 0.15) is 27.2 Å². The molecule has 1 heterocycles. The summed E-state index contributed by atoms with van der Waals surface area (Å²) < 4.78 is 0. The van der Waals surface area contributed by atoms with Gasteiger partial charge in [-0.1, -0.05) is 13.8 Å². The lowest BCUT2D eigenvalue weighted by Gasteiger charge is -2.33. The first-order valence-corrected chi connectivity index (χ1v) is 6.05. The topological polar surface area (TPSA) is 26.7 Å². The van der Waals surface area contributed by atoms with E-state index in [1.807, 2.05) is 6.92 Å². The summed E-state index contributed by atoms with van der Waals surface area (Å²) in [7, 11) is 2.17. The molecule has 1 saturated heterocycles. The van der Waals surface area contributed by atoms with Crippen molar-refractivity contribution >= 4 is 0 Å². The predicted octanol–water partition coefficient (Wildman–Crippen LogP) is 1.03. The van der Waals surface area contributed by atoms with E-state index >= 15 is 0 Å². The van der Waals surface area contributed by atoms with Gasteiger partial charge in [-0.05, 0) is 39.4 Å². The molecule has 1 aliphatic heterocycles. The Kier molecular flexibility index (Phi) is 4.56. The van der Waals surface area contributed by atoms with Crippen LogP contribution in [-0.4, -0.2) is 60.3 Å². The smallest absolute Gasteiger partial charge is 0.0768 e. The molecule has 15 heavy (non-hydrogen) atoms. The van der Waals surface area contributed by atoms with E-state index in [1.54, 1.807) is 0 Å². The van der Waals surface area contributed by atoms with Crippen LogP contribution in [0.4, 0.5) is 0 Å². The van der Waals surface area contributed by atoms with Gasteiger partial charge in [0.1, 0.15) is 0 Å². The van der Waals surface area contributed by atoms with Crippen LogP contribution in [0.3, 0.4) is 0 Å². The van der Waals surface area contributed by atoms with E-state index in [0.717, 1.165) is 26.2 Å². The van der Waals surface area contributed by atoms with Crippen molar-refractivity contribution in [1.82, 2.24) is 9.80 Å². The lowest BCUT2D eigenvalue weighted by Crippen LogP contribution is -2.45. The molecule has 1 unspecified atom stereocenters. The summed E-state index contributed by atoms with van der Waals surface area (Å²) in [5.74, 6) is 0.318. The van der Waals surface area contributed by atoms with Gasteiger partial charge in [0, 0.05) is 19.6 Å². The minimum atomic E-state index is -0.553. The first-order valence-electron chi connectivity index (χ1n) is 6.05. The molecule has 3 nitrogen and oxygen atoms in total. The molecular weight excluding hydrogens is 188 g/mol. The van der Waals surface area contributed by atoms with Gasteiger partial charge in [-0.3, -0.25) is 4.90 Å².